The Hall–Kier alpha value is 1.05. The largest absolute Gasteiger partial charge is 3.00 e. The van der Waals surface area contributed by atoms with E-state index in [4.69, 9.17) is 0 Å². The van der Waals surface area contributed by atoms with Gasteiger partial charge in [0.15, 0.2) is 0 Å². The van der Waals surface area contributed by atoms with E-state index in [1.807, 2.05) is 0 Å². The molecule has 2 bridgehead atoms. The van der Waals surface area contributed by atoms with E-state index in [9.17, 15) is 0 Å². The zero-order valence-corrected chi connectivity index (χ0v) is 9.29. The standard InChI is InChI=1S/C8H16N2.Al.Li.4H/c1-6-4-7-5-9-3-2-8(6)10-7;;;;;;/h6-10H,2-5H2,1H3;;;;;;/q;+3;+1;4*-1. The van der Waals surface area contributed by atoms with Crippen molar-refractivity contribution in [2.45, 2.75) is 31.8 Å². The molecule has 0 aromatic rings. The molecule has 2 nitrogen and oxygen atoms in total. The molecule has 2 aliphatic rings. The zero-order chi connectivity index (χ0) is 6.97. The van der Waals surface area contributed by atoms with Gasteiger partial charge >= 0.3 is 36.2 Å². The van der Waals surface area contributed by atoms with Gasteiger partial charge in [0, 0.05) is 18.6 Å². The van der Waals surface area contributed by atoms with E-state index < -0.39 is 0 Å². The van der Waals surface area contributed by atoms with Gasteiger partial charge < -0.3 is 16.3 Å². The molecule has 0 radical (unpaired) electrons. The second-order valence-electron chi connectivity index (χ2n) is 3.68. The molecule has 2 saturated heterocycles. The molecular formula is C8H20AlLiN2. The van der Waals surface area contributed by atoms with Crippen LogP contribution in [0.3, 0.4) is 0 Å². The normalized spacial score (nSPS) is 39.2. The fourth-order valence-corrected chi connectivity index (χ4v) is 2.19. The van der Waals surface area contributed by atoms with Crippen molar-refractivity contribution in [3.8, 4) is 0 Å². The second kappa shape index (κ2) is 5.71. The van der Waals surface area contributed by atoms with E-state index in [1.54, 1.807) is 0 Å². The van der Waals surface area contributed by atoms with Crippen LogP contribution in [-0.2, 0) is 0 Å². The number of rotatable bonds is 0. The van der Waals surface area contributed by atoms with Crippen LogP contribution in [0.15, 0.2) is 0 Å². The van der Waals surface area contributed by atoms with Crippen LogP contribution in [-0.4, -0.2) is 42.5 Å². The van der Waals surface area contributed by atoms with E-state index in [0.717, 1.165) is 18.0 Å². The first-order valence-corrected chi connectivity index (χ1v) is 4.33. The van der Waals surface area contributed by atoms with Crippen LogP contribution < -0.4 is 29.5 Å². The first kappa shape index (κ1) is 13.0. The van der Waals surface area contributed by atoms with Crippen LogP contribution in [0.1, 0.15) is 25.5 Å². The molecule has 2 rings (SSSR count). The number of fused-ring (bicyclic) bond motifs is 2. The summed E-state index contributed by atoms with van der Waals surface area (Å²) >= 11 is 0. The van der Waals surface area contributed by atoms with Gasteiger partial charge in [0.1, 0.15) is 0 Å². The van der Waals surface area contributed by atoms with Gasteiger partial charge in [-0.1, -0.05) is 6.92 Å². The maximum atomic E-state index is 3.64. The smallest absolute Gasteiger partial charge is 1.00 e. The van der Waals surface area contributed by atoms with Gasteiger partial charge in [0.25, 0.3) is 0 Å². The van der Waals surface area contributed by atoms with Gasteiger partial charge in [0.05, 0.1) is 0 Å². The third kappa shape index (κ3) is 2.78. The summed E-state index contributed by atoms with van der Waals surface area (Å²) < 4.78 is 0. The fourth-order valence-electron chi connectivity index (χ4n) is 2.19. The van der Waals surface area contributed by atoms with Gasteiger partial charge in [-0.25, -0.2) is 0 Å². The molecular weight excluding hydrogens is 158 g/mol. The second-order valence-corrected chi connectivity index (χ2v) is 3.68. The summed E-state index contributed by atoms with van der Waals surface area (Å²) in [5.74, 6) is 0.909. The maximum Gasteiger partial charge on any atom is 3.00 e. The first-order chi connectivity index (χ1) is 4.86. The van der Waals surface area contributed by atoms with Crippen LogP contribution in [0.5, 0.6) is 0 Å². The summed E-state index contributed by atoms with van der Waals surface area (Å²) in [4.78, 5) is 0. The molecule has 0 aromatic heterocycles. The van der Waals surface area contributed by atoms with Gasteiger partial charge in [-0.3, -0.25) is 0 Å². The maximum absolute atomic E-state index is 3.64. The molecule has 0 amide bonds. The van der Waals surface area contributed by atoms with Crippen LogP contribution in [0.25, 0.3) is 0 Å². The summed E-state index contributed by atoms with van der Waals surface area (Å²) in [7, 11) is 0. The Morgan fingerprint density at radius 3 is 2.92 bits per heavy atom. The number of hydrogen-bond donors (Lipinski definition) is 2. The average molecular weight is 178 g/mol. The third-order valence-electron chi connectivity index (χ3n) is 2.82. The molecule has 4 heteroatoms. The Labute approximate surface area is 103 Å². The molecule has 3 atom stereocenters. The third-order valence-corrected chi connectivity index (χ3v) is 2.82. The Bertz CT molecular complexity index is 147. The SMILES string of the molecule is CC1CC2CNCCC1N2.[Al+3].[H-].[H-].[H-].[H-].[Li+]. The first-order valence-electron chi connectivity index (χ1n) is 4.33. The van der Waals surface area contributed by atoms with E-state index in [0.29, 0.717) is 0 Å². The van der Waals surface area contributed by atoms with Crippen LogP contribution in [0, 0.1) is 5.92 Å². The summed E-state index contributed by atoms with van der Waals surface area (Å²) in [5.41, 5.74) is 0. The Kier molecular flexibility index (Phi) is 6.21. The van der Waals surface area contributed by atoms with Crippen molar-refractivity contribution in [2.24, 2.45) is 5.92 Å². The molecule has 0 aromatic carbocycles. The zero-order valence-electron chi connectivity index (χ0n) is 12.1. The minimum atomic E-state index is 0. The monoisotopic (exact) mass is 178 g/mol. The molecule has 0 spiro atoms. The summed E-state index contributed by atoms with van der Waals surface area (Å²) in [6, 6.07) is 1.57. The van der Waals surface area contributed by atoms with E-state index in [1.165, 1.54) is 25.9 Å². The van der Waals surface area contributed by atoms with Crippen molar-refractivity contribution >= 4 is 17.4 Å². The van der Waals surface area contributed by atoms with Crippen molar-refractivity contribution in [2.75, 3.05) is 13.1 Å². The predicted molar refractivity (Wildman–Crippen MR) is 52.2 cm³/mol. The van der Waals surface area contributed by atoms with Gasteiger partial charge in [-0.2, -0.15) is 0 Å². The van der Waals surface area contributed by atoms with Crippen molar-refractivity contribution < 1.29 is 24.6 Å². The van der Waals surface area contributed by atoms with Gasteiger partial charge in [0.2, 0.25) is 0 Å². The Balaban J connectivity index is -0.0000000672. The quantitative estimate of drug-likeness (QED) is 0.398. The fraction of sp³-hybridized carbons (Fsp3) is 1.00. The molecule has 12 heavy (non-hydrogen) atoms. The molecule has 0 saturated carbocycles. The molecule has 2 fully saturated rings. The van der Waals surface area contributed by atoms with E-state index in [2.05, 4.69) is 17.6 Å². The molecule has 2 heterocycles. The van der Waals surface area contributed by atoms with E-state index in [-0.39, 0.29) is 41.9 Å². The van der Waals surface area contributed by atoms with Crippen LogP contribution in [0.2, 0.25) is 0 Å². The van der Waals surface area contributed by atoms with Crippen molar-refractivity contribution in [3.05, 3.63) is 0 Å². The summed E-state index contributed by atoms with van der Waals surface area (Å²) in [5, 5.41) is 7.08. The topological polar surface area (TPSA) is 24.1 Å². The molecule has 0 aliphatic carbocycles. The molecule has 3 unspecified atom stereocenters. The van der Waals surface area contributed by atoms with Crippen molar-refractivity contribution in [1.82, 2.24) is 10.6 Å². The Morgan fingerprint density at radius 1 is 1.42 bits per heavy atom. The number of nitrogens with one attached hydrogen (secondary N) is 2. The molecule has 66 valence electrons. The van der Waals surface area contributed by atoms with Crippen molar-refractivity contribution in [1.29, 1.82) is 0 Å². The average Bonchev–Trinajstić information content (AvgIpc) is 2.18. The number of hydrogen-bond acceptors (Lipinski definition) is 2. The molecule has 2 aliphatic heterocycles. The van der Waals surface area contributed by atoms with Crippen molar-refractivity contribution in [3.63, 3.8) is 0 Å². The van der Waals surface area contributed by atoms with Gasteiger partial charge in [-0.15, -0.1) is 0 Å². The summed E-state index contributed by atoms with van der Waals surface area (Å²) in [6.45, 7) is 4.75. The predicted octanol–water partition coefficient (Wildman–Crippen LogP) is -2.58. The van der Waals surface area contributed by atoms with Crippen LogP contribution in [0.4, 0.5) is 0 Å². The summed E-state index contributed by atoms with van der Waals surface area (Å²) in [6.07, 6.45) is 2.69. The Morgan fingerprint density at radius 2 is 2.17 bits per heavy atom. The molecule has 2 N–H and O–H groups in total. The minimum absolute atomic E-state index is 0. The van der Waals surface area contributed by atoms with Gasteiger partial charge in [-0.05, 0) is 25.3 Å². The van der Waals surface area contributed by atoms with E-state index >= 15 is 0 Å². The van der Waals surface area contributed by atoms with Crippen LogP contribution >= 0.6 is 0 Å². The minimum Gasteiger partial charge on any atom is -1.00 e.